The minimum atomic E-state index is -0.357. The van der Waals surface area contributed by atoms with Crippen LogP contribution in [0.3, 0.4) is 0 Å². The first-order chi connectivity index (χ1) is 15.3. The van der Waals surface area contributed by atoms with Crippen LogP contribution in [0.5, 0.6) is 5.75 Å². The summed E-state index contributed by atoms with van der Waals surface area (Å²) in [5.74, 6) is -0.599. The second-order valence-electron chi connectivity index (χ2n) is 7.51. The zero-order valence-electron chi connectivity index (χ0n) is 17.7. The standard InChI is InChI=1S/C22H24Cl2N2O5S/c1-30-17-8-3-12(9-16(17)23)11-25-20(28)15-10-18(24)32-21(15)26-19(27)13-4-6-14(7-5-13)22(29)31-2/h3,8-10,13-14H,4-7,11H2,1-2H3,(H,25,28)(H,26,27). The summed E-state index contributed by atoms with van der Waals surface area (Å²) in [5, 5.41) is 6.52. The van der Waals surface area contributed by atoms with Crippen LogP contribution in [0.25, 0.3) is 0 Å². The van der Waals surface area contributed by atoms with Gasteiger partial charge in [-0.15, -0.1) is 11.3 Å². The second kappa shape index (κ2) is 11.0. The smallest absolute Gasteiger partial charge is 0.308 e. The Hall–Kier alpha value is -2.29. The molecule has 10 heteroatoms. The molecule has 1 aliphatic rings. The first kappa shape index (κ1) is 24.4. The van der Waals surface area contributed by atoms with Gasteiger partial charge in [0.2, 0.25) is 5.91 Å². The summed E-state index contributed by atoms with van der Waals surface area (Å²) in [4.78, 5) is 37.2. The van der Waals surface area contributed by atoms with E-state index < -0.39 is 0 Å². The average Bonchev–Trinajstić information content (AvgIpc) is 3.17. The van der Waals surface area contributed by atoms with E-state index in [0.29, 0.717) is 51.4 Å². The van der Waals surface area contributed by atoms with E-state index in [1.165, 1.54) is 20.3 Å². The first-order valence-electron chi connectivity index (χ1n) is 10.1. The maximum atomic E-state index is 12.8. The van der Waals surface area contributed by atoms with E-state index in [9.17, 15) is 14.4 Å². The zero-order valence-corrected chi connectivity index (χ0v) is 20.0. The molecule has 2 aromatic rings. The molecule has 0 radical (unpaired) electrons. The number of thiophene rings is 1. The molecule has 0 spiro atoms. The number of halogens is 2. The van der Waals surface area contributed by atoms with Crippen molar-refractivity contribution in [3.05, 3.63) is 44.8 Å². The molecular weight excluding hydrogens is 475 g/mol. The fourth-order valence-corrected chi connectivity index (χ4v) is 5.10. The third-order valence-electron chi connectivity index (χ3n) is 5.49. The van der Waals surface area contributed by atoms with Crippen LogP contribution in [0.15, 0.2) is 24.3 Å². The van der Waals surface area contributed by atoms with Crippen molar-refractivity contribution in [2.24, 2.45) is 11.8 Å². The molecule has 1 aromatic heterocycles. The lowest BCUT2D eigenvalue weighted by atomic mass is 9.81. The molecule has 7 nitrogen and oxygen atoms in total. The number of hydrogen-bond donors (Lipinski definition) is 2. The van der Waals surface area contributed by atoms with E-state index in [1.807, 2.05) is 0 Å². The largest absolute Gasteiger partial charge is 0.495 e. The molecule has 2 amide bonds. The number of nitrogens with one attached hydrogen (secondary N) is 2. The maximum Gasteiger partial charge on any atom is 0.308 e. The summed E-state index contributed by atoms with van der Waals surface area (Å²) >= 11 is 13.4. The van der Waals surface area contributed by atoms with Crippen molar-refractivity contribution >= 4 is 57.3 Å². The number of amides is 2. The highest BCUT2D eigenvalue weighted by Crippen LogP contribution is 2.35. The van der Waals surface area contributed by atoms with Crippen LogP contribution in [0.4, 0.5) is 5.00 Å². The minimum absolute atomic E-state index is 0.159. The molecule has 32 heavy (non-hydrogen) atoms. The number of carbonyl (C=O) groups is 3. The molecule has 1 aromatic carbocycles. The van der Waals surface area contributed by atoms with Gasteiger partial charge in [-0.05, 0) is 49.4 Å². The van der Waals surface area contributed by atoms with Gasteiger partial charge in [0.1, 0.15) is 10.8 Å². The Labute approximate surface area is 200 Å². The first-order valence-corrected chi connectivity index (χ1v) is 11.7. The Morgan fingerprint density at radius 1 is 1.06 bits per heavy atom. The lowest BCUT2D eigenvalue weighted by Gasteiger charge is -2.26. The Morgan fingerprint density at radius 2 is 1.75 bits per heavy atom. The second-order valence-corrected chi connectivity index (χ2v) is 9.60. The Morgan fingerprint density at radius 3 is 2.38 bits per heavy atom. The summed E-state index contributed by atoms with van der Waals surface area (Å²) in [6.45, 7) is 0.251. The highest BCUT2D eigenvalue weighted by molar-refractivity contribution is 7.20. The monoisotopic (exact) mass is 498 g/mol. The fourth-order valence-electron chi connectivity index (χ4n) is 3.69. The van der Waals surface area contributed by atoms with Gasteiger partial charge < -0.3 is 20.1 Å². The van der Waals surface area contributed by atoms with Crippen molar-refractivity contribution in [2.75, 3.05) is 19.5 Å². The molecule has 172 valence electrons. The van der Waals surface area contributed by atoms with E-state index in [1.54, 1.807) is 18.2 Å². The quantitative estimate of drug-likeness (QED) is 0.528. The molecule has 1 heterocycles. The molecule has 0 saturated heterocycles. The molecule has 0 aliphatic heterocycles. The number of carbonyl (C=O) groups excluding carboxylic acids is 3. The SMILES string of the molecule is COC(=O)C1CCC(C(=O)Nc2sc(Cl)cc2C(=O)NCc2ccc(OC)c(Cl)c2)CC1. The molecule has 3 rings (SSSR count). The van der Waals surface area contributed by atoms with E-state index in [-0.39, 0.29) is 36.2 Å². The van der Waals surface area contributed by atoms with Gasteiger partial charge >= 0.3 is 5.97 Å². The molecule has 1 saturated carbocycles. The van der Waals surface area contributed by atoms with Crippen LogP contribution in [0.1, 0.15) is 41.6 Å². The predicted octanol–water partition coefficient (Wildman–Crippen LogP) is 4.91. The Kier molecular flexibility index (Phi) is 8.39. The lowest BCUT2D eigenvalue weighted by molar-refractivity contribution is -0.147. The van der Waals surface area contributed by atoms with E-state index in [4.69, 9.17) is 32.7 Å². The molecule has 1 fully saturated rings. The van der Waals surface area contributed by atoms with Gasteiger partial charge in [0.25, 0.3) is 5.91 Å². The number of anilines is 1. The van der Waals surface area contributed by atoms with Gasteiger partial charge in [-0.25, -0.2) is 0 Å². The molecule has 0 atom stereocenters. The van der Waals surface area contributed by atoms with Crippen LogP contribution in [-0.2, 0) is 20.9 Å². The number of hydrogen-bond acceptors (Lipinski definition) is 6. The normalized spacial score (nSPS) is 18.0. The number of esters is 1. The van der Waals surface area contributed by atoms with Gasteiger partial charge in [0.05, 0.1) is 35.1 Å². The van der Waals surface area contributed by atoms with E-state index >= 15 is 0 Å². The molecule has 2 N–H and O–H groups in total. The van der Waals surface area contributed by atoms with Crippen molar-refractivity contribution in [1.29, 1.82) is 0 Å². The van der Waals surface area contributed by atoms with Crippen molar-refractivity contribution in [3.63, 3.8) is 0 Å². The Bertz CT molecular complexity index is 1000. The topological polar surface area (TPSA) is 93.7 Å². The summed E-state index contributed by atoms with van der Waals surface area (Å²) in [7, 11) is 2.90. The van der Waals surface area contributed by atoms with Gasteiger partial charge in [0, 0.05) is 12.5 Å². The third kappa shape index (κ3) is 5.94. The highest BCUT2D eigenvalue weighted by atomic mass is 35.5. The summed E-state index contributed by atoms with van der Waals surface area (Å²) in [5.41, 5.74) is 1.11. The Balaban J connectivity index is 1.60. The van der Waals surface area contributed by atoms with Gasteiger partial charge in [-0.3, -0.25) is 14.4 Å². The molecule has 0 bridgehead atoms. The van der Waals surface area contributed by atoms with Crippen LogP contribution >= 0.6 is 34.5 Å². The lowest BCUT2D eigenvalue weighted by Crippen LogP contribution is -2.30. The van der Waals surface area contributed by atoms with Gasteiger partial charge in [-0.1, -0.05) is 29.3 Å². The van der Waals surface area contributed by atoms with E-state index in [0.717, 1.165) is 16.9 Å². The summed E-state index contributed by atoms with van der Waals surface area (Å²) in [6, 6.07) is 6.78. The predicted molar refractivity (Wildman–Crippen MR) is 125 cm³/mol. The number of benzene rings is 1. The molecule has 1 aliphatic carbocycles. The van der Waals surface area contributed by atoms with Crippen molar-refractivity contribution in [3.8, 4) is 5.75 Å². The van der Waals surface area contributed by atoms with Gasteiger partial charge in [0.15, 0.2) is 0 Å². The van der Waals surface area contributed by atoms with Crippen LogP contribution in [-0.4, -0.2) is 32.0 Å². The third-order valence-corrected chi connectivity index (χ3v) is 6.96. The van der Waals surface area contributed by atoms with Crippen LogP contribution < -0.4 is 15.4 Å². The van der Waals surface area contributed by atoms with Crippen LogP contribution in [0, 0.1) is 11.8 Å². The fraction of sp³-hybridized carbons (Fsp3) is 0.409. The van der Waals surface area contributed by atoms with E-state index in [2.05, 4.69) is 10.6 Å². The molecule has 0 unspecified atom stereocenters. The number of ether oxygens (including phenoxy) is 2. The van der Waals surface area contributed by atoms with Gasteiger partial charge in [-0.2, -0.15) is 0 Å². The highest BCUT2D eigenvalue weighted by Gasteiger charge is 2.31. The zero-order chi connectivity index (χ0) is 23.3. The minimum Gasteiger partial charge on any atom is -0.495 e. The number of rotatable bonds is 7. The van der Waals surface area contributed by atoms with Crippen LogP contribution in [0.2, 0.25) is 9.36 Å². The number of methoxy groups -OCH3 is 2. The van der Waals surface area contributed by atoms with Crippen molar-refractivity contribution in [1.82, 2.24) is 5.32 Å². The average molecular weight is 499 g/mol. The molecular formula is C22H24Cl2N2O5S. The van der Waals surface area contributed by atoms with Crippen molar-refractivity contribution < 1.29 is 23.9 Å². The summed E-state index contributed by atoms with van der Waals surface area (Å²) < 4.78 is 10.3. The summed E-state index contributed by atoms with van der Waals surface area (Å²) in [6.07, 6.45) is 2.39. The maximum absolute atomic E-state index is 12.8. The van der Waals surface area contributed by atoms with Crippen molar-refractivity contribution in [2.45, 2.75) is 32.2 Å².